The highest BCUT2D eigenvalue weighted by atomic mass is 16.5. The summed E-state index contributed by atoms with van der Waals surface area (Å²) < 4.78 is 7.11. The summed E-state index contributed by atoms with van der Waals surface area (Å²) in [5, 5.41) is 3.35. The predicted molar refractivity (Wildman–Crippen MR) is 119 cm³/mol. The minimum atomic E-state index is 0.0304. The molecule has 166 valence electrons. The van der Waals surface area contributed by atoms with E-state index in [2.05, 4.69) is 17.3 Å². The maximum atomic E-state index is 13.2. The molecule has 4 saturated carbocycles. The van der Waals surface area contributed by atoms with Crippen LogP contribution >= 0.6 is 0 Å². The zero-order chi connectivity index (χ0) is 21.2. The van der Waals surface area contributed by atoms with E-state index in [1.54, 1.807) is 7.11 Å². The second-order valence-electron chi connectivity index (χ2n) is 11.0. The zero-order valence-electron chi connectivity index (χ0n) is 18.8. The molecule has 2 aromatic heterocycles. The molecule has 5 atom stereocenters. The molecule has 5 unspecified atom stereocenters. The lowest BCUT2D eigenvalue weighted by Crippen LogP contribution is -2.43. The van der Waals surface area contributed by atoms with Crippen LogP contribution < -0.4 is 5.32 Å². The summed E-state index contributed by atoms with van der Waals surface area (Å²) in [6.07, 6.45) is 10.4. The van der Waals surface area contributed by atoms with Gasteiger partial charge in [0.2, 0.25) is 0 Å². The van der Waals surface area contributed by atoms with Gasteiger partial charge in [0.1, 0.15) is 11.3 Å². The van der Waals surface area contributed by atoms with Crippen molar-refractivity contribution in [3.05, 3.63) is 35.8 Å². The number of rotatable bonds is 8. The molecular formula is C25H34N4O2. The number of carbonyl (C=O) groups is 1. The minimum Gasteiger partial charge on any atom is -0.383 e. The Bertz CT molecular complexity index is 1010. The number of methoxy groups -OCH3 is 1. The van der Waals surface area contributed by atoms with Crippen LogP contribution in [0.4, 0.5) is 0 Å². The van der Waals surface area contributed by atoms with E-state index in [0.29, 0.717) is 23.1 Å². The van der Waals surface area contributed by atoms with Crippen LogP contribution in [-0.2, 0) is 11.3 Å². The predicted octanol–water partition coefficient (Wildman–Crippen LogP) is 3.36. The number of imidazole rings is 1. The molecule has 0 aromatic carbocycles. The van der Waals surface area contributed by atoms with Gasteiger partial charge in [-0.25, -0.2) is 4.98 Å². The Balaban J connectivity index is 1.16. The van der Waals surface area contributed by atoms with Gasteiger partial charge in [-0.15, -0.1) is 0 Å². The monoisotopic (exact) mass is 422 g/mol. The third-order valence-corrected chi connectivity index (χ3v) is 9.09. The number of fused-ring (bicyclic) bond motifs is 3. The number of ether oxygens (including phenoxy) is 1. The zero-order valence-corrected chi connectivity index (χ0v) is 18.8. The molecular weight excluding hydrogens is 388 g/mol. The normalized spacial score (nSPS) is 35.0. The highest BCUT2D eigenvalue weighted by Crippen LogP contribution is 2.78. The number of pyridine rings is 1. The Hall–Kier alpha value is -1.92. The lowest BCUT2D eigenvalue weighted by atomic mass is 9.55. The van der Waals surface area contributed by atoms with Crippen LogP contribution in [0.15, 0.2) is 24.4 Å². The van der Waals surface area contributed by atoms with E-state index in [1.165, 1.54) is 38.5 Å². The summed E-state index contributed by atoms with van der Waals surface area (Å²) in [5.74, 6) is 2.89. The molecule has 4 fully saturated rings. The molecule has 1 amide bonds. The highest BCUT2D eigenvalue weighted by Gasteiger charge is 2.70. The fraction of sp³-hybridized carbons (Fsp3) is 0.680. The van der Waals surface area contributed by atoms with Gasteiger partial charge < -0.3 is 10.1 Å². The Kier molecular flexibility index (Phi) is 4.48. The van der Waals surface area contributed by atoms with Gasteiger partial charge >= 0.3 is 0 Å². The molecule has 2 aromatic rings. The van der Waals surface area contributed by atoms with Crippen LogP contribution in [0.2, 0.25) is 0 Å². The molecule has 0 aliphatic heterocycles. The first kappa shape index (κ1) is 19.7. The fourth-order valence-electron chi connectivity index (χ4n) is 8.03. The van der Waals surface area contributed by atoms with Crippen molar-refractivity contribution in [2.24, 2.45) is 28.6 Å². The molecule has 4 aliphatic carbocycles. The molecule has 1 spiro atoms. The highest BCUT2D eigenvalue weighted by molar-refractivity contribution is 5.93. The Morgan fingerprint density at radius 2 is 2.19 bits per heavy atom. The Morgan fingerprint density at radius 3 is 3.06 bits per heavy atom. The molecule has 6 rings (SSSR count). The average Bonchev–Trinajstić information content (AvgIpc) is 3.30. The SMILES string of the molecule is COCCN(C)Cc1cn2c(C(=O)NCC34CC5CC6CC(C3)C6(C5)C4)cccc2n1. The van der Waals surface area contributed by atoms with E-state index >= 15 is 0 Å². The van der Waals surface area contributed by atoms with Gasteiger partial charge in [-0.3, -0.25) is 14.1 Å². The van der Waals surface area contributed by atoms with Crippen LogP contribution in [-0.4, -0.2) is 54.0 Å². The maximum Gasteiger partial charge on any atom is 0.268 e. The first-order valence-corrected chi connectivity index (χ1v) is 11.9. The van der Waals surface area contributed by atoms with Crippen molar-refractivity contribution in [2.45, 2.75) is 45.1 Å². The number of hydrogen-bond donors (Lipinski definition) is 1. The lowest BCUT2D eigenvalue weighted by molar-refractivity contribution is -0.00254. The van der Waals surface area contributed by atoms with Crippen LogP contribution in [0.1, 0.15) is 54.7 Å². The summed E-state index contributed by atoms with van der Waals surface area (Å²) in [6.45, 7) is 3.12. The fourth-order valence-corrected chi connectivity index (χ4v) is 8.03. The first-order valence-electron chi connectivity index (χ1n) is 11.9. The van der Waals surface area contributed by atoms with Crippen LogP contribution in [0.3, 0.4) is 0 Å². The van der Waals surface area contributed by atoms with Crippen molar-refractivity contribution in [2.75, 3.05) is 33.9 Å². The number of amides is 1. The van der Waals surface area contributed by atoms with E-state index in [1.807, 2.05) is 28.8 Å². The third-order valence-electron chi connectivity index (χ3n) is 9.09. The first-order chi connectivity index (χ1) is 15.0. The number of nitrogens with one attached hydrogen (secondary N) is 1. The topological polar surface area (TPSA) is 58.9 Å². The number of carbonyl (C=O) groups excluding carboxylic acids is 1. The van der Waals surface area contributed by atoms with Gasteiger partial charge in [0.05, 0.1) is 12.3 Å². The summed E-state index contributed by atoms with van der Waals surface area (Å²) >= 11 is 0. The molecule has 0 radical (unpaired) electrons. The second kappa shape index (κ2) is 7.04. The Morgan fingerprint density at radius 1 is 1.29 bits per heavy atom. The van der Waals surface area contributed by atoms with E-state index in [-0.39, 0.29) is 5.91 Å². The van der Waals surface area contributed by atoms with Crippen molar-refractivity contribution >= 4 is 11.6 Å². The third kappa shape index (κ3) is 3.05. The van der Waals surface area contributed by atoms with Crippen molar-refractivity contribution in [3.8, 4) is 0 Å². The quantitative estimate of drug-likeness (QED) is 0.709. The molecule has 6 nitrogen and oxygen atoms in total. The minimum absolute atomic E-state index is 0.0304. The van der Waals surface area contributed by atoms with Gasteiger partial charge in [0.15, 0.2) is 0 Å². The van der Waals surface area contributed by atoms with E-state index in [4.69, 9.17) is 9.72 Å². The average molecular weight is 423 g/mol. The summed E-state index contributed by atoms with van der Waals surface area (Å²) in [6, 6.07) is 5.83. The molecule has 4 aliphatic rings. The van der Waals surface area contributed by atoms with Crippen LogP contribution in [0, 0.1) is 28.6 Å². The van der Waals surface area contributed by atoms with Crippen molar-refractivity contribution in [3.63, 3.8) is 0 Å². The molecule has 2 heterocycles. The maximum absolute atomic E-state index is 13.2. The molecule has 31 heavy (non-hydrogen) atoms. The molecule has 1 N–H and O–H groups in total. The number of aromatic nitrogens is 2. The van der Waals surface area contributed by atoms with E-state index < -0.39 is 0 Å². The van der Waals surface area contributed by atoms with Gasteiger partial charge in [-0.2, -0.15) is 0 Å². The number of likely N-dealkylation sites (N-methyl/N-ethyl adjacent to an activating group) is 1. The number of nitrogens with zero attached hydrogens (tertiary/aromatic N) is 3. The van der Waals surface area contributed by atoms with Gasteiger partial charge in [-0.05, 0) is 86.3 Å². The largest absolute Gasteiger partial charge is 0.383 e. The van der Waals surface area contributed by atoms with Crippen LogP contribution in [0.5, 0.6) is 0 Å². The lowest BCUT2D eigenvalue weighted by Gasteiger charge is -2.49. The summed E-state index contributed by atoms with van der Waals surface area (Å²) in [5.41, 5.74) is 3.51. The molecule has 6 heteroatoms. The van der Waals surface area contributed by atoms with Gasteiger partial charge in [0, 0.05) is 32.9 Å². The van der Waals surface area contributed by atoms with Crippen molar-refractivity contribution < 1.29 is 9.53 Å². The summed E-state index contributed by atoms with van der Waals surface area (Å²) in [7, 11) is 3.78. The van der Waals surface area contributed by atoms with Gasteiger partial charge in [-0.1, -0.05) is 6.07 Å². The van der Waals surface area contributed by atoms with E-state index in [9.17, 15) is 4.79 Å². The molecule has 0 saturated heterocycles. The Labute approximate surface area is 184 Å². The van der Waals surface area contributed by atoms with Crippen LogP contribution in [0.25, 0.3) is 5.65 Å². The smallest absolute Gasteiger partial charge is 0.268 e. The van der Waals surface area contributed by atoms with E-state index in [0.717, 1.165) is 48.7 Å². The van der Waals surface area contributed by atoms with Crippen molar-refractivity contribution in [1.82, 2.24) is 19.6 Å². The van der Waals surface area contributed by atoms with Gasteiger partial charge in [0.25, 0.3) is 5.91 Å². The standard InChI is InChI=1S/C25H34N4O2/c1-28(6-7-31-2)13-20-14-29-21(4-3-5-22(29)27-20)23(30)26-16-24-10-17-8-18-9-19(12-24)25(18,11-17)15-24/h3-5,14,17-19H,6-13,15-16H2,1-2H3,(H,26,30). The number of hydrogen-bond acceptors (Lipinski definition) is 4. The molecule has 3 bridgehead atoms. The van der Waals surface area contributed by atoms with Crippen molar-refractivity contribution in [1.29, 1.82) is 0 Å². The summed E-state index contributed by atoms with van der Waals surface area (Å²) in [4.78, 5) is 20.1. The second-order valence-corrected chi connectivity index (χ2v) is 11.0.